The number of hydrogen-bond donors (Lipinski definition) is 0. The van der Waals surface area contributed by atoms with Crippen LogP contribution in [0.2, 0.25) is 0 Å². The summed E-state index contributed by atoms with van der Waals surface area (Å²) in [6.45, 7) is 4.93. The van der Waals surface area contributed by atoms with Gasteiger partial charge >= 0.3 is 6.09 Å². The molecule has 0 aliphatic carbocycles. The van der Waals surface area contributed by atoms with Crippen LogP contribution in [0.4, 0.5) is 4.79 Å². The summed E-state index contributed by atoms with van der Waals surface area (Å²) in [6.07, 6.45) is 6.11. The normalized spacial score (nSPS) is 15.4. The molecule has 6 nitrogen and oxygen atoms in total. The number of amides is 1. The van der Waals surface area contributed by atoms with Crippen LogP contribution in [-0.4, -0.2) is 44.8 Å². The summed E-state index contributed by atoms with van der Waals surface area (Å²) in [5.74, 6) is 0. The molecule has 0 N–H and O–H groups in total. The van der Waals surface area contributed by atoms with Crippen molar-refractivity contribution in [3.05, 3.63) is 36.3 Å². The number of hydrogen-bond acceptors (Lipinski definition) is 4. The van der Waals surface area contributed by atoms with Crippen LogP contribution in [0.1, 0.15) is 26.0 Å². The fraction of sp³-hybridized carbons (Fsp3) is 0.400. The minimum Gasteiger partial charge on any atom is -0.447 e. The van der Waals surface area contributed by atoms with Gasteiger partial charge in [-0.3, -0.25) is 0 Å². The van der Waals surface area contributed by atoms with Crippen LogP contribution in [-0.2, 0) is 4.74 Å². The predicted molar refractivity (Wildman–Crippen MR) is 78.8 cm³/mol. The number of rotatable bonds is 2. The van der Waals surface area contributed by atoms with Gasteiger partial charge in [-0.05, 0) is 31.9 Å². The summed E-state index contributed by atoms with van der Waals surface area (Å²) in [6, 6.07) is 3.83. The molecule has 3 heterocycles. The molecule has 3 rings (SSSR count). The lowest BCUT2D eigenvalue weighted by Crippen LogP contribution is -2.36. The quantitative estimate of drug-likeness (QED) is 0.850. The van der Waals surface area contributed by atoms with Gasteiger partial charge in [0.2, 0.25) is 0 Å². The number of ether oxygens (including phenoxy) is 1. The van der Waals surface area contributed by atoms with Crippen LogP contribution in [0.15, 0.2) is 30.6 Å². The van der Waals surface area contributed by atoms with Gasteiger partial charge in [0.05, 0.1) is 18.0 Å². The maximum atomic E-state index is 11.8. The molecule has 1 aliphatic heterocycles. The zero-order chi connectivity index (χ0) is 14.8. The van der Waals surface area contributed by atoms with Gasteiger partial charge in [0, 0.05) is 25.4 Å². The van der Waals surface area contributed by atoms with Crippen molar-refractivity contribution in [1.29, 1.82) is 0 Å². The first-order valence-electron chi connectivity index (χ1n) is 7.09. The van der Waals surface area contributed by atoms with Crippen molar-refractivity contribution < 1.29 is 9.53 Å². The Kier molecular flexibility index (Phi) is 3.60. The fourth-order valence-electron chi connectivity index (χ4n) is 2.34. The Morgan fingerprint density at radius 3 is 2.95 bits per heavy atom. The predicted octanol–water partition coefficient (Wildman–Crippen LogP) is 2.36. The van der Waals surface area contributed by atoms with E-state index in [2.05, 4.69) is 10.1 Å². The molecule has 2 aromatic heterocycles. The van der Waals surface area contributed by atoms with Crippen LogP contribution in [0, 0.1) is 0 Å². The van der Waals surface area contributed by atoms with Gasteiger partial charge in [0.1, 0.15) is 0 Å². The van der Waals surface area contributed by atoms with E-state index in [1.807, 2.05) is 38.3 Å². The smallest absolute Gasteiger partial charge is 0.410 e. The van der Waals surface area contributed by atoms with Gasteiger partial charge in [-0.15, -0.1) is 0 Å². The zero-order valence-corrected chi connectivity index (χ0v) is 12.2. The monoisotopic (exact) mass is 286 g/mol. The molecule has 0 saturated heterocycles. The molecule has 0 radical (unpaired) electrons. The second-order valence-electron chi connectivity index (χ2n) is 5.30. The van der Waals surface area contributed by atoms with Gasteiger partial charge in [-0.2, -0.15) is 5.10 Å². The molecule has 21 heavy (non-hydrogen) atoms. The molecule has 0 atom stereocenters. The van der Waals surface area contributed by atoms with Gasteiger partial charge in [-0.25, -0.2) is 14.3 Å². The molecule has 0 fully saturated rings. The van der Waals surface area contributed by atoms with Crippen LogP contribution >= 0.6 is 0 Å². The van der Waals surface area contributed by atoms with Crippen molar-refractivity contribution in [3.63, 3.8) is 0 Å². The van der Waals surface area contributed by atoms with Crippen molar-refractivity contribution in [2.24, 2.45) is 0 Å². The fourth-order valence-corrected chi connectivity index (χ4v) is 2.34. The SMILES string of the molecule is CC(C)OC(=O)N1CC=C(c2ccn3nccc3n2)CC1. The third-order valence-electron chi connectivity index (χ3n) is 3.39. The molecule has 110 valence electrons. The summed E-state index contributed by atoms with van der Waals surface area (Å²) in [7, 11) is 0. The largest absolute Gasteiger partial charge is 0.447 e. The Labute approximate surface area is 123 Å². The van der Waals surface area contributed by atoms with Crippen molar-refractivity contribution in [1.82, 2.24) is 19.5 Å². The summed E-state index contributed by atoms with van der Waals surface area (Å²) in [5.41, 5.74) is 2.93. The molecule has 0 bridgehead atoms. The molecule has 0 saturated carbocycles. The Morgan fingerprint density at radius 1 is 1.38 bits per heavy atom. The van der Waals surface area contributed by atoms with E-state index in [9.17, 15) is 4.79 Å². The average molecular weight is 286 g/mol. The molecule has 0 spiro atoms. The topological polar surface area (TPSA) is 59.7 Å². The summed E-state index contributed by atoms with van der Waals surface area (Å²) in [4.78, 5) is 18.1. The molecule has 0 aromatic carbocycles. The van der Waals surface area contributed by atoms with Crippen molar-refractivity contribution in [2.75, 3.05) is 13.1 Å². The van der Waals surface area contributed by atoms with Gasteiger partial charge in [-0.1, -0.05) is 6.08 Å². The highest BCUT2D eigenvalue weighted by molar-refractivity contribution is 5.72. The van der Waals surface area contributed by atoms with Crippen LogP contribution in [0.5, 0.6) is 0 Å². The number of aromatic nitrogens is 3. The Bertz CT molecular complexity index is 690. The van der Waals surface area contributed by atoms with Gasteiger partial charge in [0.25, 0.3) is 0 Å². The number of carbonyl (C=O) groups excluding carboxylic acids is 1. The Morgan fingerprint density at radius 2 is 2.24 bits per heavy atom. The van der Waals surface area contributed by atoms with E-state index >= 15 is 0 Å². The molecular weight excluding hydrogens is 268 g/mol. The van der Waals surface area contributed by atoms with Crippen LogP contribution < -0.4 is 0 Å². The molecular formula is C15H18N4O2. The van der Waals surface area contributed by atoms with E-state index in [4.69, 9.17) is 4.74 Å². The second kappa shape index (κ2) is 5.55. The number of nitrogens with zero attached hydrogens (tertiary/aromatic N) is 4. The molecule has 1 aliphatic rings. The maximum Gasteiger partial charge on any atom is 0.410 e. The van der Waals surface area contributed by atoms with Gasteiger partial charge < -0.3 is 9.64 Å². The number of carbonyl (C=O) groups is 1. The summed E-state index contributed by atoms with van der Waals surface area (Å²) < 4.78 is 6.94. The summed E-state index contributed by atoms with van der Waals surface area (Å²) in [5, 5.41) is 4.13. The van der Waals surface area contributed by atoms with E-state index in [0.29, 0.717) is 13.1 Å². The number of fused-ring (bicyclic) bond motifs is 1. The van der Waals surface area contributed by atoms with Crippen LogP contribution in [0.25, 0.3) is 11.2 Å². The molecule has 0 unspecified atom stereocenters. The second-order valence-corrected chi connectivity index (χ2v) is 5.30. The standard InChI is InChI=1S/C15H18N4O2/c1-11(2)21-15(20)18-8-4-12(5-9-18)13-6-10-19-14(17-13)3-7-16-19/h3-4,6-7,10-11H,5,8-9H2,1-2H3. The lowest BCUT2D eigenvalue weighted by Gasteiger charge is -2.26. The van der Waals surface area contributed by atoms with Crippen molar-refractivity contribution >= 4 is 17.3 Å². The lowest BCUT2D eigenvalue weighted by molar-refractivity contribution is 0.0799. The van der Waals surface area contributed by atoms with E-state index < -0.39 is 0 Å². The first kappa shape index (κ1) is 13.6. The van der Waals surface area contributed by atoms with E-state index in [1.54, 1.807) is 15.6 Å². The highest BCUT2D eigenvalue weighted by atomic mass is 16.6. The lowest BCUT2D eigenvalue weighted by atomic mass is 10.1. The third-order valence-corrected chi connectivity index (χ3v) is 3.39. The molecule has 1 amide bonds. The minimum atomic E-state index is -0.250. The molecule has 2 aromatic rings. The van der Waals surface area contributed by atoms with Gasteiger partial charge in [0.15, 0.2) is 5.65 Å². The molecule has 6 heteroatoms. The maximum absolute atomic E-state index is 11.8. The van der Waals surface area contributed by atoms with E-state index in [1.165, 1.54) is 0 Å². The highest BCUT2D eigenvalue weighted by Gasteiger charge is 2.20. The average Bonchev–Trinajstić information content (AvgIpc) is 2.94. The van der Waals surface area contributed by atoms with Crippen molar-refractivity contribution in [2.45, 2.75) is 26.4 Å². The van der Waals surface area contributed by atoms with Crippen molar-refractivity contribution in [3.8, 4) is 0 Å². The van der Waals surface area contributed by atoms with E-state index in [-0.39, 0.29) is 12.2 Å². The summed E-state index contributed by atoms with van der Waals surface area (Å²) >= 11 is 0. The first-order valence-corrected chi connectivity index (χ1v) is 7.09. The first-order chi connectivity index (χ1) is 10.1. The Balaban J connectivity index is 1.73. The van der Waals surface area contributed by atoms with E-state index in [0.717, 1.165) is 23.3 Å². The zero-order valence-electron chi connectivity index (χ0n) is 12.2. The van der Waals surface area contributed by atoms with Crippen LogP contribution in [0.3, 0.4) is 0 Å². The minimum absolute atomic E-state index is 0.0891. The highest BCUT2D eigenvalue weighted by Crippen LogP contribution is 2.21. The Hall–Kier alpha value is -2.37. The third kappa shape index (κ3) is 2.89.